The minimum Gasteiger partial charge on any atom is -0.463 e. The highest BCUT2D eigenvalue weighted by Gasteiger charge is 2.32. The van der Waals surface area contributed by atoms with Gasteiger partial charge in [0.15, 0.2) is 4.90 Å². The molecule has 11 heteroatoms. The Balaban J connectivity index is 1.45. The van der Waals surface area contributed by atoms with E-state index in [9.17, 15) is 22.0 Å². The molecule has 26 heavy (non-hydrogen) atoms. The predicted molar refractivity (Wildman–Crippen MR) is 89.3 cm³/mol. The maximum absolute atomic E-state index is 13.6. The predicted octanol–water partition coefficient (Wildman–Crippen LogP) is 1.38. The van der Waals surface area contributed by atoms with Crippen LogP contribution in [0.25, 0.3) is 0 Å². The van der Waals surface area contributed by atoms with Crippen LogP contribution < -0.4 is 9.46 Å². The van der Waals surface area contributed by atoms with Crippen molar-refractivity contribution in [2.75, 3.05) is 19.6 Å². The van der Waals surface area contributed by atoms with Gasteiger partial charge in [-0.2, -0.15) is 0 Å². The van der Waals surface area contributed by atoms with Gasteiger partial charge in [0, 0.05) is 24.5 Å². The summed E-state index contributed by atoms with van der Waals surface area (Å²) in [4.78, 5) is 16.4. The highest BCUT2D eigenvalue weighted by Crippen LogP contribution is 2.21. The molecule has 1 aliphatic rings. The molecular formula is C15H15F2N3O4S2. The number of amides is 1. The summed E-state index contributed by atoms with van der Waals surface area (Å²) in [6.45, 7) is 0.504. The smallest absolute Gasteiger partial charge is 0.273 e. The first-order chi connectivity index (χ1) is 12.4. The van der Waals surface area contributed by atoms with Gasteiger partial charge in [-0.3, -0.25) is 4.79 Å². The minimum absolute atomic E-state index is 0.126. The maximum atomic E-state index is 13.6. The summed E-state index contributed by atoms with van der Waals surface area (Å²) in [5, 5.41) is 2.31. The number of halogens is 2. The third kappa shape index (κ3) is 4.17. The highest BCUT2D eigenvalue weighted by molar-refractivity contribution is 7.89. The Morgan fingerprint density at radius 1 is 1.35 bits per heavy atom. The molecule has 0 spiro atoms. The molecule has 1 aliphatic heterocycles. The van der Waals surface area contributed by atoms with E-state index >= 15 is 0 Å². The lowest BCUT2D eigenvalue weighted by atomic mass is 10.1. The number of sulfonamides is 1. The fourth-order valence-corrected chi connectivity index (χ4v) is 4.11. The number of ether oxygens (including phenoxy) is 1. The van der Waals surface area contributed by atoms with Gasteiger partial charge in [0.1, 0.15) is 17.7 Å². The average molecular weight is 403 g/mol. The second-order valence-electron chi connectivity index (χ2n) is 5.54. The SMILES string of the molecule is O=C(CCNS(=O)(=O)c1c(F)cccc1F)N1CC(Oc2nccs2)C1. The maximum Gasteiger partial charge on any atom is 0.273 e. The topological polar surface area (TPSA) is 88.6 Å². The summed E-state index contributed by atoms with van der Waals surface area (Å²) >= 11 is 1.35. The van der Waals surface area contributed by atoms with Crippen molar-refractivity contribution in [1.82, 2.24) is 14.6 Å². The number of nitrogens with zero attached hydrogens (tertiary/aromatic N) is 2. The van der Waals surface area contributed by atoms with Gasteiger partial charge in [0.25, 0.3) is 5.19 Å². The lowest BCUT2D eigenvalue weighted by Crippen LogP contribution is -2.56. The Morgan fingerprint density at radius 2 is 2.04 bits per heavy atom. The molecular weight excluding hydrogens is 388 g/mol. The summed E-state index contributed by atoms with van der Waals surface area (Å²) in [6.07, 6.45) is 1.35. The van der Waals surface area contributed by atoms with Crippen LogP contribution in [0.4, 0.5) is 8.78 Å². The molecule has 0 unspecified atom stereocenters. The molecule has 0 bridgehead atoms. The number of carbonyl (C=O) groups excluding carboxylic acids is 1. The van der Waals surface area contributed by atoms with Crippen LogP contribution in [0.2, 0.25) is 0 Å². The van der Waals surface area contributed by atoms with Crippen LogP contribution >= 0.6 is 11.3 Å². The van der Waals surface area contributed by atoms with Gasteiger partial charge in [0.05, 0.1) is 13.1 Å². The van der Waals surface area contributed by atoms with E-state index in [1.165, 1.54) is 16.2 Å². The molecule has 0 aliphatic carbocycles. The van der Waals surface area contributed by atoms with E-state index in [2.05, 4.69) is 4.98 Å². The first-order valence-electron chi connectivity index (χ1n) is 7.64. The molecule has 1 fully saturated rings. The summed E-state index contributed by atoms with van der Waals surface area (Å²) in [6, 6.07) is 2.78. The number of aromatic nitrogens is 1. The number of hydrogen-bond acceptors (Lipinski definition) is 6. The summed E-state index contributed by atoms with van der Waals surface area (Å²) < 4.78 is 58.7. The zero-order chi connectivity index (χ0) is 18.7. The third-order valence-corrected chi connectivity index (χ3v) is 5.87. The normalized spacial score (nSPS) is 14.9. The Kier molecular flexibility index (Phi) is 5.49. The van der Waals surface area contributed by atoms with E-state index in [0.717, 1.165) is 18.2 Å². The number of carbonyl (C=O) groups is 1. The average Bonchev–Trinajstić information content (AvgIpc) is 3.02. The molecule has 1 N–H and O–H groups in total. The second-order valence-corrected chi connectivity index (χ2v) is 8.10. The quantitative estimate of drug-likeness (QED) is 0.755. The van der Waals surface area contributed by atoms with Crippen molar-refractivity contribution in [3.05, 3.63) is 41.4 Å². The first kappa shape index (κ1) is 18.7. The van der Waals surface area contributed by atoms with Gasteiger partial charge >= 0.3 is 0 Å². The van der Waals surface area contributed by atoms with Crippen molar-refractivity contribution in [2.24, 2.45) is 0 Å². The highest BCUT2D eigenvalue weighted by atomic mass is 32.2. The first-order valence-corrected chi connectivity index (χ1v) is 10.0. The number of nitrogens with one attached hydrogen (secondary N) is 1. The zero-order valence-electron chi connectivity index (χ0n) is 13.4. The molecule has 2 heterocycles. The number of rotatable bonds is 7. The van der Waals surface area contributed by atoms with E-state index in [4.69, 9.17) is 4.74 Å². The fourth-order valence-electron chi connectivity index (χ4n) is 2.39. The molecule has 1 saturated heterocycles. The summed E-state index contributed by atoms with van der Waals surface area (Å²) in [5.41, 5.74) is 0. The fraction of sp³-hybridized carbons (Fsp3) is 0.333. The molecule has 0 saturated carbocycles. The van der Waals surface area contributed by atoms with Gasteiger partial charge in [0.2, 0.25) is 15.9 Å². The van der Waals surface area contributed by atoms with Crippen LogP contribution in [0, 0.1) is 11.6 Å². The van der Waals surface area contributed by atoms with Crippen LogP contribution in [0.15, 0.2) is 34.7 Å². The van der Waals surface area contributed by atoms with E-state index < -0.39 is 26.6 Å². The molecule has 0 radical (unpaired) electrons. The van der Waals surface area contributed by atoms with Crippen LogP contribution in [-0.2, 0) is 14.8 Å². The molecule has 1 aromatic heterocycles. The Morgan fingerprint density at radius 3 is 2.65 bits per heavy atom. The summed E-state index contributed by atoms with van der Waals surface area (Å²) in [5.74, 6) is -2.65. The van der Waals surface area contributed by atoms with Crippen LogP contribution in [0.3, 0.4) is 0 Å². The third-order valence-electron chi connectivity index (χ3n) is 3.70. The van der Waals surface area contributed by atoms with Gasteiger partial charge in [-0.15, -0.1) is 0 Å². The zero-order valence-corrected chi connectivity index (χ0v) is 15.0. The van der Waals surface area contributed by atoms with Gasteiger partial charge in [-0.05, 0) is 12.1 Å². The summed E-state index contributed by atoms with van der Waals surface area (Å²) in [7, 11) is -4.38. The minimum atomic E-state index is -4.38. The van der Waals surface area contributed by atoms with Gasteiger partial charge in [-0.25, -0.2) is 26.9 Å². The molecule has 7 nitrogen and oxygen atoms in total. The Hall–Kier alpha value is -2.11. The Bertz CT molecular complexity index is 864. The van der Waals surface area contributed by atoms with Gasteiger partial charge < -0.3 is 9.64 Å². The molecule has 2 aromatic rings. The van der Waals surface area contributed by atoms with Crippen LogP contribution in [0.5, 0.6) is 5.19 Å². The van der Waals surface area contributed by atoms with Crippen molar-refractivity contribution in [1.29, 1.82) is 0 Å². The molecule has 1 aromatic carbocycles. The van der Waals surface area contributed by atoms with Crippen molar-refractivity contribution in [3.63, 3.8) is 0 Å². The second kappa shape index (κ2) is 7.64. The standard InChI is InChI=1S/C15H15F2N3O4S2/c16-11-2-1-3-12(17)14(11)26(22,23)19-5-4-13(21)20-8-10(9-20)24-15-18-6-7-25-15/h1-3,6-7,10,19H,4-5,8-9H2. The van der Waals surface area contributed by atoms with E-state index in [1.54, 1.807) is 11.6 Å². The number of hydrogen-bond donors (Lipinski definition) is 1. The lowest BCUT2D eigenvalue weighted by molar-refractivity contribution is -0.139. The number of benzene rings is 1. The van der Waals surface area contributed by atoms with Crippen LogP contribution in [-0.4, -0.2) is 49.9 Å². The Labute approximate surface area is 152 Å². The number of likely N-dealkylation sites (tertiary alicyclic amines) is 1. The largest absolute Gasteiger partial charge is 0.463 e. The van der Waals surface area contributed by atoms with E-state index in [1.807, 2.05) is 4.72 Å². The monoisotopic (exact) mass is 403 g/mol. The lowest BCUT2D eigenvalue weighted by Gasteiger charge is -2.38. The molecule has 140 valence electrons. The van der Waals surface area contributed by atoms with Crippen molar-refractivity contribution in [3.8, 4) is 5.19 Å². The molecule has 3 rings (SSSR count). The molecule has 0 atom stereocenters. The van der Waals surface area contributed by atoms with Crippen LogP contribution in [0.1, 0.15) is 6.42 Å². The van der Waals surface area contributed by atoms with Crippen molar-refractivity contribution in [2.45, 2.75) is 17.4 Å². The van der Waals surface area contributed by atoms with E-state index in [-0.39, 0.29) is 25.0 Å². The van der Waals surface area contributed by atoms with Crippen molar-refractivity contribution < 1.29 is 26.7 Å². The van der Waals surface area contributed by atoms with Crippen molar-refractivity contribution >= 4 is 27.3 Å². The number of thiazole rings is 1. The van der Waals surface area contributed by atoms with Gasteiger partial charge in [-0.1, -0.05) is 17.4 Å². The molecule has 1 amide bonds. The van der Waals surface area contributed by atoms with E-state index in [0.29, 0.717) is 18.3 Å².